The smallest absolute Gasteiger partial charge is 0.253 e. The summed E-state index contributed by atoms with van der Waals surface area (Å²) in [6, 6.07) is 2.69. The Hall–Kier alpha value is -1.71. The zero-order valence-electron chi connectivity index (χ0n) is 7.15. The number of rotatable bonds is 3. The highest BCUT2D eigenvalue weighted by atomic mass is 16.2. The summed E-state index contributed by atoms with van der Waals surface area (Å²) in [7, 11) is 0. The molecule has 1 radical (unpaired) electrons. The lowest BCUT2D eigenvalue weighted by molar-refractivity contribution is 0.0948. The van der Waals surface area contributed by atoms with Gasteiger partial charge in [-0.25, -0.2) is 0 Å². The maximum absolute atomic E-state index is 11.3. The molecule has 1 rings (SSSR count). The highest BCUT2D eigenvalue weighted by molar-refractivity contribution is 5.95. The van der Waals surface area contributed by atoms with Crippen LogP contribution in [-0.4, -0.2) is 23.2 Å². The third-order valence-corrected chi connectivity index (χ3v) is 1.45. The highest BCUT2D eigenvalue weighted by Crippen LogP contribution is 1.95. The van der Waals surface area contributed by atoms with Crippen molar-refractivity contribution >= 4 is 12.2 Å². The third-order valence-electron chi connectivity index (χ3n) is 1.45. The predicted molar refractivity (Wildman–Crippen MR) is 46.9 cm³/mol. The quantitative estimate of drug-likeness (QED) is 0.722. The van der Waals surface area contributed by atoms with Crippen molar-refractivity contribution in [3.63, 3.8) is 0 Å². The lowest BCUT2D eigenvalue weighted by Crippen LogP contribution is -2.33. The van der Waals surface area contributed by atoms with Gasteiger partial charge < -0.3 is 5.32 Å². The Morgan fingerprint density at radius 3 is 3.00 bits per heavy atom. The molecule has 4 heteroatoms. The first-order valence-corrected chi connectivity index (χ1v) is 3.82. The van der Waals surface area contributed by atoms with Gasteiger partial charge in [0.15, 0.2) is 0 Å². The fraction of sp³-hybridized carbons (Fsp3) is 0.222. The molecule has 13 heavy (non-hydrogen) atoms. The molecule has 0 aliphatic carbocycles. The highest BCUT2D eigenvalue weighted by Gasteiger charge is 2.08. The Balaban J connectivity index is 2.64. The molecule has 1 aromatic rings. The minimum Gasteiger partial charge on any atom is -0.342 e. The van der Waals surface area contributed by atoms with Crippen LogP contribution in [0.4, 0.5) is 0 Å². The fourth-order valence-electron chi connectivity index (χ4n) is 0.807. The minimum atomic E-state index is -0.590. The molecule has 0 fully saturated rings. The van der Waals surface area contributed by atoms with Gasteiger partial charge in [-0.2, -0.15) is 0 Å². The van der Waals surface area contributed by atoms with Gasteiger partial charge >= 0.3 is 0 Å². The molecule has 4 nitrogen and oxygen atoms in total. The molecule has 0 aromatic carbocycles. The first-order chi connectivity index (χ1) is 6.24. The standard InChI is InChI=1S/C9H9N2O2/c1-7(6-12)11-9(13)8-3-2-4-10-5-8/h2-5,7H,1H3,(H,11,13)/t7-/m0/s1. The monoisotopic (exact) mass is 177 g/mol. The van der Waals surface area contributed by atoms with Gasteiger partial charge in [-0.15, -0.1) is 0 Å². The van der Waals surface area contributed by atoms with E-state index in [-0.39, 0.29) is 5.91 Å². The molecule has 0 saturated carbocycles. The van der Waals surface area contributed by atoms with Crippen molar-refractivity contribution in [2.24, 2.45) is 0 Å². The Morgan fingerprint density at radius 2 is 2.46 bits per heavy atom. The van der Waals surface area contributed by atoms with E-state index in [9.17, 15) is 9.59 Å². The van der Waals surface area contributed by atoms with Crippen molar-refractivity contribution in [1.82, 2.24) is 10.3 Å². The van der Waals surface area contributed by atoms with Gasteiger partial charge in [0.05, 0.1) is 11.6 Å². The fourth-order valence-corrected chi connectivity index (χ4v) is 0.807. The normalized spacial score (nSPS) is 11.8. The average Bonchev–Trinajstić information content (AvgIpc) is 2.19. The van der Waals surface area contributed by atoms with E-state index < -0.39 is 6.04 Å². The van der Waals surface area contributed by atoms with Crippen LogP contribution in [0.1, 0.15) is 17.3 Å². The number of hydrogen-bond donors (Lipinski definition) is 1. The van der Waals surface area contributed by atoms with Crippen molar-refractivity contribution in [2.45, 2.75) is 13.0 Å². The molecular formula is C9H9N2O2. The summed E-state index contributed by atoms with van der Waals surface area (Å²) in [6.07, 6.45) is 4.68. The molecule has 0 bridgehead atoms. The predicted octanol–water partition coefficient (Wildman–Crippen LogP) is 0.310. The van der Waals surface area contributed by atoms with Gasteiger partial charge in [-0.1, -0.05) is 0 Å². The zero-order valence-corrected chi connectivity index (χ0v) is 7.15. The number of amides is 1. The second kappa shape index (κ2) is 4.35. The SMILES string of the molecule is C[C@@H]([C]=O)NC(=O)c1cccnc1. The van der Waals surface area contributed by atoms with Crippen molar-refractivity contribution in [2.75, 3.05) is 0 Å². The summed E-state index contributed by atoms with van der Waals surface area (Å²) in [5, 5.41) is 2.44. The molecule has 1 amide bonds. The summed E-state index contributed by atoms with van der Waals surface area (Å²) in [5.41, 5.74) is 0.435. The van der Waals surface area contributed by atoms with Crippen LogP contribution in [0.15, 0.2) is 24.5 Å². The number of nitrogens with zero attached hydrogens (tertiary/aromatic N) is 1. The zero-order chi connectivity index (χ0) is 9.68. The Bertz CT molecular complexity index is 298. The average molecular weight is 177 g/mol. The molecule has 1 atom stereocenters. The summed E-state index contributed by atoms with van der Waals surface area (Å²) in [5.74, 6) is -0.316. The van der Waals surface area contributed by atoms with E-state index in [4.69, 9.17) is 0 Å². The molecule has 0 aliphatic heterocycles. The van der Waals surface area contributed by atoms with E-state index in [1.54, 1.807) is 31.5 Å². The van der Waals surface area contributed by atoms with Crippen LogP contribution >= 0.6 is 0 Å². The van der Waals surface area contributed by atoms with Gasteiger partial charge in [-0.05, 0) is 19.1 Å². The number of carbonyl (C=O) groups excluding carboxylic acids is 2. The van der Waals surface area contributed by atoms with Crippen LogP contribution in [0, 0.1) is 0 Å². The second-order valence-corrected chi connectivity index (χ2v) is 2.55. The number of pyridine rings is 1. The first kappa shape index (κ1) is 9.38. The van der Waals surface area contributed by atoms with E-state index in [1.165, 1.54) is 6.20 Å². The summed E-state index contributed by atoms with van der Waals surface area (Å²) < 4.78 is 0. The van der Waals surface area contributed by atoms with Crippen molar-refractivity contribution < 1.29 is 9.59 Å². The third kappa shape index (κ3) is 2.66. The van der Waals surface area contributed by atoms with Crippen molar-refractivity contribution in [3.05, 3.63) is 30.1 Å². The van der Waals surface area contributed by atoms with E-state index >= 15 is 0 Å². The molecule has 0 aliphatic rings. The van der Waals surface area contributed by atoms with E-state index in [0.717, 1.165) is 0 Å². The Morgan fingerprint density at radius 1 is 1.69 bits per heavy atom. The van der Waals surface area contributed by atoms with Crippen LogP contribution in [0.2, 0.25) is 0 Å². The topological polar surface area (TPSA) is 59.1 Å². The van der Waals surface area contributed by atoms with Crippen LogP contribution in [0.25, 0.3) is 0 Å². The summed E-state index contributed by atoms with van der Waals surface area (Å²) >= 11 is 0. The number of carbonyl (C=O) groups is 1. The van der Waals surface area contributed by atoms with Crippen LogP contribution < -0.4 is 5.32 Å². The van der Waals surface area contributed by atoms with E-state index in [1.807, 2.05) is 0 Å². The lowest BCUT2D eigenvalue weighted by atomic mass is 10.2. The molecular weight excluding hydrogens is 168 g/mol. The molecule has 0 saturated heterocycles. The van der Waals surface area contributed by atoms with Crippen LogP contribution in [0.3, 0.4) is 0 Å². The van der Waals surface area contributed by atoms with Crippen molar-refractivity contribution in [3.8, 4) is 0 Å². The molecule has 1 heterocycles. The molecule has 1 aromatic heterocycles. The second-order valence-electron chi connectivity index (χ2n) is 2.55. The van der Waals surface area contributed by atoms with E-state index in [2.05, 4.69) is 10.3 Å². The minimum absolute atomic E-state index is 0.316. The van der Waals surface area contributed by atoms with Gasteiger partial charge in [-0.3, -0.25) is 14.6 Å². The van der Waals surface area contributed by atoms with Gasteiger partial charge in [0, 0.05) is 12.4 Å². The maximum atomic E-state index is 11.3. The Labute approximate surface area is 76.0 Å². The molecule has 0 unspecified atom stereocenters. The molecule has 1 N–H and O–H groups in total. The number of hydrogen-bond acceptors (Lipinski definition) is 3. The Kier molecular flexibility index (Phi) is 3.14. The van der Waals surface area contributed by atoms with Crippen LogP contribution in [-0.2, 0) is 4.79 Å². The van der Waals surface area contributed by atoms with Gasteiger partial charge in [0.25, 0.3) is 5.91 Å². The van der Waals surface area contributed by atoms with Gasteiger partial charge in [0.1, 0.15) is 0 Å². The number of aromatic nitrogens is 1. The molecule has 67 valence electrons. The van der Waals surface area contributed by atoms with E-state index in [0.29, 0.717) is 5.56 Å². The van der Waals surface area contributed by atoms with Crippen molar-refractivity contribution in [1.29, 1.82) is 0 Å². The lowest BCUT2D eigenvalue weighted by Gasteiger charge is -2.05. The summed E-state index contributed by atoms with van der Waals surface area (Å²) in [6.45, 7) is 1.56. The molecule has 0 spiro atoms. The first-order valence-electron chi connectivity index (χ1n) is 3.82. The summed E-state index contributed by atoms with van der Waals surface area (Å²) in [4.78, 5) is 25.2. The van der Waals surface area contributed by atoms with Gasteiger partial charge in [0.2, 0.25) is 6.29 Å². The number of nitrogens with one attached hydrogen (secondary N) is 1. The van der Waals surface area contributed by atoms with Crippen LogP contribution in [0.5, 0.6) is 0 Å². The maximum Gasteiger partial charge on any atom is 0.253 e. The largest absolute Gasteiger partial charge is 0.342 e.